The van der Waals surface area contributed by atoms with E-state index in [-0.39, 0.29) is 30.9 Å². The molecule has 5 nitrogen and oxygen atoms in total. The predicted molar refractivity (Wildman–Crippen MR) is 113 cm³/mol. The number of amides is 2. The van der Waals surface area contributed by atoms with Crippen molar-refractivity contribution < 1.29 is 14.5 Å². The summed E-state index contributed by atoms with van der Waals surface area (Å²) < 4.78 is 0. The minimum atomic E-state index is -0.0816. The van der Waals surface area contributed by atoms with Crippen LogP contribution >= 0.6 is 0 Å². The average molecular weight is 383 g/mol. The lowest BCUT2D eigenvalue weighted by Crippen LogP contribution is -3.11. The number of para-hydroxylation sites is 1. The van der Waals surface area contributed by atoms with Crippen molar-refractivity contribution in [2.24, 2.45) is 0 Å². The molecule has 5 heteroatoms. The van der Waals surface area contributed by atoms with E-state index in [0.717, 1.165) is 27.3 Å². The van der Waals surface area contributed by atoms with Gasteiger partial charge < -0.3 is 15.1 Å². The monoisotopic (exact) mass is 382 g/mol. The number of benzene rings is 2. The highest BCUT2D eigenvalue weighted by molar-refractivity contribution is 5.93. The molecule has 2 aromatic carbocycles. The molecule has 0 saturated heterocycles. The summed E-state index contributed by atoms with van der Waals surface area (Å²) in [6.45, 7) is 9.11. The molecular formula is C23H32N3O2+. The van der Waals surface area contributed by atoms with Crippen molar-refractivity contribution in [3.05, 3.63) is 65.2 Å². The molecule has 0 aliphatic heterocycles. The second-order valence-corrected chi connectivity index (χ2v) is 7.73. The van der Waals surface area contributed by atoms with E-state index in [1.807, 2.05) is 88.2 Å². The molecule has 2 rings (SSSR count). The van der Waals surface area contributed by atoms with Gasteiger partial charge >= 0.3 is 0 Å². The maximum absolute atomic E-state index is 12.8. The van der Waals surface area contributed by atoms with Gasteiger partial charge in [0.2, 0.25) is 0 Å². The van der Waals surface area contributed by atoms with E-state index in [2.05, 4.69) is 5.32 Å². The number of hydrogen-bond acceptors (Lipinski definition) is 2. The van der Waals surface area contributed by atoms with Gasteiger partial charge in [-0.1, -0.05) is 48.5 Å². The smallest absolute Gasteiger partial charge is 0.279 e. The van der Waals surface area contributed by atoms with Gasteiger partial charge in [0.25, 0.3) is 11.8 Å². The van der Waals surface area contributed by atoms with E-state index in [1.165, 1.54) is 0 Å². The Hall–Kier alpha value is -2.66. The molecule has 0 aliphatic carbocycles. The summed E-state index contributed by atoms with van der Waals surface area (Å²) in [5, 5.41) is 2.99. The lowest BCUT2D eigenvalue weighted by molar-refractivity contribution is -0.862. The molecule has 0 spiro atoms. The van der Waals surface area contributed by atoms with Crippen LogP contribution in [0.3, 0.4) is 0 Å². The molecule has 0 saturated carbocycles. The molecule has 1 atom stereocenters. The van der Waals surface area contributed by atoms with Crippen molar-refractivity contribution in [2.45, 2.75) is 40.3 Å². The van der Waals surface area contributed by atoms with Crippen LogP contribution in [0.1, 0.15) is 30.5 Å². The fourth-order valence-electron chi connectivity index (χ4n) is 3.23. The average Bonchev–Trinajstić information content (AvgIpc) is 2.63. The standard InChI is InChI=1S/C23H31N3O2/c1-17(2)26(14-20-12-7-6-8-13-20)22(28)16-25(5)15-21(27)24-23-18(3)10-9-11-19(23)4/h6-13,17H,14-16H2,1-5H3,(H,24,27)/p+1. The molecule has 0 aliphatic rings. The van der Waals surface area contributed by atoms with Crippen molar-refractivity contribution >= 4 is 17.5 Å². The SMILES string of the molecule is Cc1cccc(C)c1NC(=O)C[NH+](C)CC(=O)N(Cc1ccccc1)C(C)C. The van der Waals surface area contributed by atoms with Gasteiger partial charge in [0.05, 0.1) is 7.05 Å². The molecule has 2 amide bonds. The first-order valence-electron chi connectivity index (χ1n) is 9.78. The maximum Gasteiger partial charge on any atom is 0.279 e. The lowest BCUT2D eigenvalue weighted by atomic mass is 10.1. The summed E-state index contributed by atoms with van der Waals surface area (Å²) in [5.74, 6) is -0.0296. The van der Waals surface area contributed by atoms with Crippen LogP contribution < -0.4 is 10.2 Å². The number of carbonyl (C=O) groups excluding carboxylic acids is 2. The van der Waals surface area contributed by atoms with E-state index in [0.29, 0.717) is 6.54 Å². The van der Waals surface area contributed by atoms with E-state index in [1.54, 1.807) is 0 Å². The third kappa shape index (κ3) is 6.20. The number of rotatable bonds is 8. The van der Waals surface area contributed by atoms with Crippen LogP contribution in [0.5, 0.6) is 0 Å². The highest BCUT2D eigenvalue weighted by Crippen LogP contribution is 2.18. The maximum atomic E-state index is 12.8. The van der Waals surface area contributed by atoms with E-state index in [4.69, 9.17) is 0 Å². The van der Waals surface area contributed by atoms with Gasteiger partial charge in [-0.25, -0.2) is 0 Å². The van der Waals surface area contributed by atoms with Crippen molar-refractivity contribution in [2.75, 3.05) is 25.5 Å². The second kappa shape index (κ2) is 10.0. The van der Waals surface area contributed by atoms with Crippen LogP contribution in [0.2, 0.25) is 0 Å². The fraction of sp³-hybridized carbons (Fsp3) is 0.391. The minimum Gasteiger partial charge on any atom is -0.331 e. The Bertz CT molecular complexity index is 782. The van der Waals surface area contributed by atoms with Gasteiger partial charge in [0.15, 0.2) is 13.1 Å². The second-order valence-electron chi connectivity index (χ2n) is 7.73. The Balaban J connectivity index is 1.93. The third-order valence-corrected chi connectivity index (χ3v) is 4.80. The zero-order valence-corrected chi connectivity index (χ0v) is 17.6. The molecular weight excluding hydrogens is 350 g/mol. The fourth-order valence-corrected chi connectivity index (χ4v) is 3.23. The first-order chi connectivity index (χ1) is 13.3. The summed E-state index contributed by atoms with van der Waals surface area (Å²) in [5.41, 5.74) is 4.04. The van der Waals surface area contributed by atoms with Crippen molar-refractivity contribution in [1.29, 1.82) is 0 Å². The van der Waals surface area contributed by atoms with Crippen molar-refractivity contribution in [1.82, 2.24) is 4.90 Å². The topological polar surface area (TPSA) is 53.9 Å². The highest BCUT2D eigenvalue weighted by atomic mass is 16.2. The zero-order chi connectivity index (χ0) is 20.7. The zero-order valence-electron chi connectivity index (χ0n) is 17.6. The Morgan fingerprint density at radius 3 is 2.14 bits per heavy atom. The summed E-state index contributed by atoms with van der Waals surface area (Å²) in [4.78, 5) is 28.0. The summed E-state index contributed by atoms with van der Waals surface area (Å²) in [6.07, 6.45) is 0. The van der Waals surface area contributed by atoms with Crippen LogP contribution in [0.25, 0.3) is 0 Å². The van der Waals surface area contributed by atoms with E-state index < -0.39 is 0 Å². The van der Waals surface area contributed by atoms with Crippen molar-refractivity contribution in [3.8, 4) is 0 Å². The normalized spacial score (nSPS) is 11.9. The van der Waals surface area contributed by atoms with E-state index >= 15 is 0 Å². The molecule has 150 valence electrons. The third-order valence-electron chi connectivity index (χ3n) is 4.80. The van der Waals surface area contributed by atoms with Crippen molar-refractivity contribution in [3.63, 3.8) is 0 Å². The number of likely N-dealkylation sites (N-methyl/N-ethyl adjacent to an activating group) is 1. The number of hydrogen-bond donors (Lipinski definition) is 2. The molecule has 0 radical (unpaired) electrons. The van der Waals surface area contributed by atoms with Gasteiger partial charge in [0, 0.05) is 18.3 Å². The molecule has 2 N–H and O–H groups in total. The first kappa shape index (κ1) is 21.6. The van der Waals surface area contributed by atoms with Gasteiger partial charge in [0.1, 0.15) is 0 Å². The van der Waals surface area contributed by atoms with Gasteiger partial charge in [-0.05, 0) is 44.4 Å². The molecule has 0 aromatic heterocycles. The Morgan fingerprint density at radius 2 is 1.57 bits per heavy atom. The predicted octanol–water partition coefficient (Wildman–Crippen LogP) is 2.19. The first-order valence-corrected chi connectivity index (χ1v) is 9.78. The molecule has 1 unspecified atom stereocenters. The quantitative estimate of drug-likeness (QED) is 0.735. The van der Waals surface area contributed by atoms with Crippen LogP contribution in [0.4, 0.5) is 5.69 Å². The van der Waals surface area contributed by atoms with Crippen LogP contribution in [0.15, 0.2) is 48.5 Å². The molecule has 2 aromatic rings. The minimum absolute atomic E-state index is 0.0521. The van der Waals surface area contributed by atoms with Crippen LogP contribution in [-0.4, -0.2) is 42.9 Å². The number of anilines is 1. The number of carbonyl (C=O) groups is 2. The number of nitrogens with one attached hydrogen (secondary N) is 2. The molecule has 0 heterocycles. The van der Waals surface area contributed by atoms with E-state index in [9.17, 15) is 9.59 Å². The van der Waals surface area contributed by atoms with Gasteiger partial charge in [-0.2, -0.15) is 0 Å². The highest BCUT2D eigenvalue weighted by Gasteiger charge is 2.22. The Labute approximate surface area is 168 Å². The molecule has 0 bridgehead atoms. The lowest BCUT2D eigenvalue weighted by Gasteiger charge is -2.27. The summed E-state index contributed by atoms with van der Waals surface area (Å²) >= 11 is 0. The van der Waals surface area contributed by atoms with Gasteiger partial charge in [-0.15, -0.1) is 0 Å². The molecule has 28 heavy (non-hydrogen) atoms. The number of quaternary nitrogens is 1. The summed E-state index contributed by atoms with van der Waals surface area (Å²) in [6, 6.07) is 16.0. The largest absolute Gasteiger partial charge is 0.331 e. The van der Waals surface area contributed by atoms with Crippen LogP contribution in [-0.2, 0) is 16.1 Å². The van der Waals surface area contributed by atoms with Gasteiger partial charge in [-0.3, -0.25) is 9.59 Å². The van der Waals surface area contributed by atoms with Crippen LogP contribution in [0, 0.1) is 13.8 Å². The number of aryl methyl sites for hydroxylation is 2. The molecule has 0 fully saturated rings. The number of nitrogens with zero attached hydrogens (tertiary/aromatic N) is 1. The summed E-state index contributed by atoms with van der Waals surface area (Å²) in [7, 11) is 1.88. The Morgan fingerprint density at radius 1 is 0.964 bits per heavy atom. The Kier molecular flexibility index (Phi) is 7.76.